The molecule has 0 aliphatic carbocycles. The van der Waals surface area contributed by atoms with E-state index in [1.54, 1.807) is 11.3 Å². The van der Waals surface area contributed by atoms with Gasteiger partial charge in [-0.25, -0.2) is 4.79 Å². The maximum atomic E-state index is 12.4. The highest BCUT2D eigenvalue weighted by Gasteiger charge is 2.20. The fraction of sp³-hybridized carbons (Fsp3) is 0.333. The van der Waals surface area contributed by atoms with E-state index in [1.807, 2.05) is 46.7 Å². The van der Waals surface area contributed by atoms with Crippen molar-refractivity contribution in [1.29, 1.82) is 5.26 Å². The van der Waals surface area contributed by atoms with Gasteiger partial charge in [0.25, 0.3) is 0 Å². The van der Waals surface area contributed by atoms with Crippen molar-refractivity contribution in [3.63, 3.8) is 0 Å². The lowest BCUT2D eigenvalue weighted by Crippen LogP contribution is -2.41. The summed E-state index contributed by atoms with van der Waals surface area (Å²) in [5.74, 6) is 0. The zero-order valence-electron chi connectivity index (χ0n) is 13.4. The maximum absolute atomic E-state index is 12.4. The van der Waals surface area contributed by atoms with Gasteiger partial charge < -0.3 is 15.1 Å². The molecule has 2 amide bonds. The first-order valence-corrected chi connectivity index (χ1v) is 8.95. The molecule has 5 nitrogen and oxygen atoms in total. The van der Waals surface area contributed by atoms with E-state index in [0.717, 1.165) is 36.6 Å². The van der Waals surface area contributed by atoms with Crippen molar-refractivity contribution in [1.82, 2.24) is 10.2 Å². The molecule has 24 heavy (non-hydrogen) atoms. The number of carbonyl (C=O) groups is 1. The molecule has 2 aromatic rings. The first kappa shape index (κ1) is 16.3. The zero-order valence-corrected chi connectivity index (χ0v) is 14.3. The Bertz CT molecular complexity index is 723. The van der Waals surface area contributed by atoms with Gasteiger partial charge >= 0.3 is 6.03 Å². The Morgan fingerprint density at radius 2 is 2.04 bits per heavy atom. The Morgan fingerprint density at radius 3 is 2.83 bits per heavy atom. The number of hydrogen-bond donors (Lipinski definition) is 1. The summed E-state index contributed by atoms with van der Waals surface area (Å²) in [6.07, 6.45) is 0.895. The quantitative estimate of drug-likeness (QED) is 0.934. The molecule has 1 aliphatic rings. The van der Waals surface area contributed by atoms with E-state index in [4.69, 9.17) is 0 Å². The standard InChI is InChI=1S/C18H20N4OS/c19-13-15-5-1-2-7-17(15)21-8-4-9-22(11-10-21)18(23)20-14-16-6-3-12-24-16/h1-3,5-7,12H,4,8-11,14H2,(H,20,23). The van der Waals surface area contributed by atoms with Crippen molar-refractivity contribution in [2.75, 3.05) is 31.1 Å². The molecule has 1 aliphatic heterocycles. The third kappa shape index (κ3) is 3.87. The van der Waals surface area contributed by atoms with E-state index >= 15 is 0 Å². The Kier molecular flexibility index (Phi) is 5.34. The monoisotopic (exact) mass is 340 g/mol. The van der Waals surface area contributed by atoms with Crippen LogP contribution in [0.3, 0.4) is 0 Å². The Balaban J connectivity index is 1.58. The summed E-state index contributed by atoms with van der Waals surface area (Å²) < 4.78 is 0. The first-order chi connectivity index (χ1) is 11.8. The van der Waals surface area contributed by atoms with Crippen LogP contribution in [0, 0.1) is 11.3 Å². The Labute approximate surface area is 146 Å². The van der Waals surface area contributed by atoms with Crippen LogP contribution in [0.4, 0.5) is 10.5 Å². The predicted molar refractivity (Wildman–Crippen MR) is 96.1 cm³/mol. The van der Waals surface area contributed by atoms with Crippen LogP contribution in [0.5, 0.6) is 0 Å². The number of nitrogens with one attached hydrogen (secondary N) is 1. The average molecular weight is 340 g/mol. The molecule has 0 bridgehead atoms. The predicted octanol–water partition coefficient (Wildman–Crippen LogP) is 3.04. The molecule has 124 valence electrons. The highest BCUT2D eigenvalue weighted by Crippen LogP contribution is 2.21. The molecule has 1 N–H and O–H groups in total. The zero-order chi connectivity index (χ0) is 16.8. The SMILES string of the molecule is N#Cc1ccccc1N1CCCN(C(=O)NCc2cccs2)CC1. The molecule has 0 saturated carbocycles. The minimum atomic E-state index is -0.0150. The van der Waals surface area contributed by atoms with Crippen molar-refractivity contribution >= 4 is 23.1 Å². The summed E-state index contributed by atoms with van der Waals surface area (Å²) >= 11 is 1.65. The van der Waals surface area contributed by atoms with Crippen LogP contribution in [0.2, 0.25) is 0 Å². The third-order valence-electron chi connectivity index (χ3n) is 4.14. The fourth-order valence-electron chi connectivity index (χ4n) is 2.89. The van der Waals surface area contributed by atoms with Crippen LogP contribution in [0.15, 0.2) is 41.8 Å². The van der Waals surface area contributed by atoms with Crippen LogP contribution in [0.1, 0.15) is 16.9 Å². The molecule has 1 saturated heterocycles. The van der Waals surface area contributed by atoms with Gasteiger partial charge in [0.2, 0.25) is 0 Å². The second-order valence-corrected chi connectivity index (χ2v) is 6.73. The number of nitriles is 1. The number of hydrogen-bond acceptors (Lipinski definition) is 4. The lowest BCUT2D eigenvalue weighted by molar-refractivity contribution is 0.201. The second kappa shape index (κ2) is 7.84. The third-order valence-corrected chi connectivity index (χ3v) is 5.02. The van der Waals surface area contributed by atoms with Gasteiger partial charge in [-0.15, -0.1) is 11.3 Å². The van der Waals surface area contributed by atoms with Gasteiger partial charge in [-0.2, -0.15) is 5.26 Å². The molecule has 0 spiro atoms. The van der Waals surface area contributed by atoms with E-state index in [2.05, 4.69) is 16.3 Å². The molecule has 1 aromatic carbocycles. The maximum Gasteiger partial charge on any atom is 0.317 e. The molecule has 1 fully saturated rings. The number of para-hydroxylation sites is 1. The molecular formula is C18H20N4OS. The number of nitrogens with zero attached hydrogens (tertiary/aromatic N) is 3. The van der Waals surface area contributed by atoms with E-state index in [-0.39, 0.29) is 6.03 Å². The van der Waals surface area contributed by atoms with E-state index < -0.39 is 0 Å². The molecular weight excluding hydrogens is 320 g/mol. The molecule has 0 radical (unpaired) electrons. The normalized spacial score (nSPS) is 14.8. The molecule has 1 aromatic heterocycles. The van der Waals surface area contributed by atoms with E-state index in [1.165, 1.54) is 0 Å². The van der Waals surface area contributed by atoms with Gasteiger partial charge in [0.05, 0.1) is 17.8 Å². The Morgan fingerprint density at radius 1 is 1.17 bits per heavy atom. The summed E-state index contributed by atoms with van der Waals surface area (Å²) in [7, 11) is 0. The van der Waals surface area contributed by atoms with Gasteiger partial charge in [0.15, 0.2) is 0 Å². The molecule has 6 heteroatoms. The van der Waals surface area contributed by atoms with E-state index in [9.17, 15) is 10.1 Å². The Hall–Kier alpha value is -2.52. The van der Waals surface area contributed by atoms with Gasteiger partial charge in [-0.1, -0.05) is 18.2 Å². The topological polar surface area (TPSA) is 59.4 Å². The number of amides is 2. The van der Waals surface area contributed by atoms with Crippen LogP contribution in [-0.4, -0.2) is 37.1 Å². The van der Waals surface area contributed by atoms with Crippen LogP contribution in [0.25, 0.3) is 0 Å². The minimum absolute atomic E-state index is 0.0150. The smallest absolute Gasteiger partial charge is 0.317 e. The van der Waals surface area contributed by atoms with Crippen LogP contribution >= 0.6 is 11.3 Å². The molecule has 2 heterocycles. The van der Waals surface area contributed by atoms with Crippen molar-refractivity contribution in [2.45, 2.75) is 13.0 Å². The highest BCUT2D eigenvalue weighted by molar-refractivity contribution is 7.09. The first-order valence-electron chi connectivity index (χ1n) is 8.07. The van der Waals surface area contributed by atoms with Gasteiger partial charge in [0, 0.05) is 31.1 Å². The lowest BCUT2D eigenvalue weighted by atomic mass is 10.1. The fourth-order valence-corrected chi connectivity index (χ4v) is 3.54. The van der Waals surface area contributed by atoms with Crippen molar-refractivity contribution < 1.29 is 4.79 Å². The minimum Gasteiger partial charge on any atom is -0.369 e. The average Bonchev–Trinajstić information content (AvgIpc) is 3.02. The van der Waals surface area contributed by atoms with Crippen molar-refractivity contribution in [3.05, 3.63) is 52.2 Å². The summed E-state index contributed by atoms with van der Waals surface area (Å²) in [6, 6.07) is 13.9. The number of anilines is 1. The summed E-state index contributed by atoms with van der Waals surface area (Å²) in [4.78, 5) is 17.6. The number of rotatable bonds is 3. The summed E-state index contributed by atoms with van der Waals surface area (Å²) in [6.45, 7) is 3.57. The van der Waals surface area contributed by atoms with Crippen LogP contribution < -0.4 is 10.2 Å². The number of urea groups is 1. The second-order valence-electron chi connectivity index (χ2n) is 5.69. The molecule has 0 atom stereocenters. The van der Waals surface area contributed by atoms with Crippen LogP contribution in [-0.2, 0) is 6.54 Å². The summed E-state index contributed by atoms with van der Waals surface area (Å²) in [5.41, 5.74) is 1.65. The van der Waals surface area contributed by atoms with Gasteiger partial charge in [-0.05, 0) is 30.0 Å². The summed E-state index contributed by atoms with van der Waals surface area (Å²) in [5, 5.41) is 14.3. The number of benzene rings is 1. The van der Waals surface area contributed by atoms with Gasteiger partial charge in [-0.3, -0.25) is 0 Å². The molecule has 0 unspecified atom stereocenters. The lowest BCUT2D eigenvalue weighted by Gasteiger charge is -2.24. The van der Waals surface area contributed by atoms with Crippen molar-refractivity contribution in [3.8, 4) is 6.07 Å². The molecule has 3 rings (SSSR count). The number of thiophene rings is 1. The van der Waals surface area contributed by atoms with Crippen molar-refractivity contribution in [2.24, 2.45) is 0 Å². The number of carbonyl (C=O) groups excluding carboxylic acids is 1. The van der Waals surface area contributed by atoms with Gasteiger partial charge in [0.1, 0.15) is 6.07 Å². The van der Waals surface area contributed by atoms with E-state index in [0.29, 0.717) is 18.7 Å². The highest BCUT2D eigenvalue weighted by atomic mass is 32.1. The largest absolute Gasteiger partial charge is 0.369 e.